The molecule has 0 radical (unpaired) electrons. The number of benzene rings is 2. The van der Waals surface area contributed by atoms with Gasteiger partial charge in [-0.1, -0.05) is 23.4 Å². The second-order valence-electron chi connectivity index (χ2n) is 8.34. The topological polar surface area (TPSA) is 130 Å². The van der Waals surface area contributed by atoms with E-state index in [1.807, 2.05) is 0 Å². The molecule has 2 aromatic rings. The van der Waals surface area contributed by atoms with Gasteiger partial charge in [-0.05, 0) is 68.8 Å². The Labute approximate surface area is 213 Å². The van der Waals surface area contributed by atoms with E-state index in [0.717, 1.165) is 0 Å². The Hall–Kier alpha value is -3.92. The first kappa shape index (κ1) is 28.3. The van der Waals surface area contributed by atoms with Crippen LogP contribution in [-0.4, -0.2) is 54.3 Å². The Kier molecular flexibility index (Phi) is 10.4. The highest BCUT2D eigenvalue weighted by atomic mass is 35.5. The number of rotatable bonds is 10. The van der Waals surface area contributed by atoms with Crippen molar-refractivity contribution in [3.05, 3.63) is 65.7 Å². The van der Waals surface area contributed by atoms with Crippen LogP contribution in [0.3, 0.4) is 0 Å². The molecule has 1 amide bonds. The van der Waals surface area contributed by atoms with Crippen LogP contribution < -0.4 is 10.1 Å². The second kappa shape index (κ2) is 13.2. The van der Waals surface area contributed by atoms with E-state index in [9.17, 15) is 19.2 Å². The van der Waals surface area contributed by atoms with E-state index in [2.05, 4.69) is 10.5 Å². The van der Waals surface area contributed by atoms with Gasteiger partial charge in [-0.15, -0.1) is 0 Å². The average Bonchev–Trinajstić information content (AvgIpc) is 2.83. The van der Waals surface area contributed by atoms with E-state index in [1.165, 1.54) is 31.4 Å². The lowest BCUT2D eigenvalue weighted by atomic mass is 10.1. The van der Waals surface area contributed by atoms with Crippen molar-refractivity contribution < 1.29 is 38.2 Å². The van der Waals surface area contributed by atoms with Crippen molar-refractivity contribution in [3.8, 4) is 5.75 Å². The smallest absolute Gasteiger partial charge is 0.408 e. The van der Waals surface area contributed by atoms with Crippen LogP contribution in [0.4, 0.5) is 4.79 Å². The fourth-order valence-electron chi connectivity index (χ4n) is 2.76. The van der Waals surface area contributed by atoms with Crippen molar-refractivity contribution in [1.82, 2.24) is 5.32 Å². The number of esters is 1. The molecule has 11 heteroatoms. The molecule has 0 aliphatic rings. The molecular formula is C25H27ClN2O8. The van der Waals surface area contributed by atoms with E-state index in [1.54, 1.807) is 51.1 Å². The van der Waals surface area contributed by atoms with Gasteiger partial charge in [0.25, 0.3) is 5.24 Å². The fraction of sp³-hybridized carbons (Fsp3) is 0.320. The zero-order chi connectivity index (χ0) is 26.7. The summed E-state index contributed by atoms with van der Waals surface area (Å²) in [4.78, 5) is 52.7. The Morgan fingerprint density at radius 1 is 0.972 bits per heavy atom. The molecule has 0 aromatic heterocycles. The van der Waals surface area contributed by atoms with Gasteiger partial charge in [0.15, 0.2) is 5.71 Å². The predicted octanol–water partition coefficient (Wildman–Crippen LogP) is 3.85. The first-order valence-corrected chi connectivity index (χ1v) is 11.2. The zero-order valence-corrected chi connectivity index (χ0v) is 21.0. The van der Waals surface area contributed by atoms with Gasteiger partial charge in [0.1, 0.15) is 17.4 Å². The highest BCUT2D eigenvalue weighted by molar-refractivity contribution is 6.84. The summed E-state index contributed by atoms with van der Waals surface area (Å²) in [5, 5.41) is 5.15. The first-order chi connectivity index (χ1) is 17.0. The van der Waals surface area contributed by atoms with Crippen molar-refractivity contribution >= 4 is 40.6 Å². The number of halogens is 1. The summed E-state index contributed by atoms with van der Waals surface area (Å²) in [6, 6.07) is 13.3. The lowest BCUT2D eigenvalue weighted by Crippen LogP contribution is -2.44. The number of hydrogen-bond acceptors (Lipinski definition) is 9. The third kappa shape index (κ3) is 9.38. The number of oxime groups is 1. The zero-order valence-electron chi connectivity index (χ0n) is 20.3. The minimum Gasteiger partial charge on any atom is -0.494 e. The van der Waals surface area contributed by atoms with Crippen LogP contribution in [0, 0.1) is 0 Å². The van der Waals surface area contributed by atoms with Crippen molar-refractivity contribution in [2.45, 2.75) is 38.8 Å². The normalized spacial score (nSPS) is 12.2. The molecule has 0 aliphatic carbocycles. The molecule has 0 saturated heterocycles. The van der Waals surface area contributed by atoms with Gasteiger partial charge in [0, 0.05) is 12.0 Å². The summed E-state index contributed by atoms with van der Waals surface area (Å²) in [5.41, 5.74) is -0.435. The highest BCUT2D eigenvalue weighted by Gasteiger charge is 2.25. The predicted molar refractivity (Wildman–Crippen MR) is 131 cm³/mol. The van der Waals surface area contributed by atoms with Crippen LogP contribution in [-0.2, 0) is 23.9 Å². The van der Waals surface area contributed by atoms with Gasteiger partial charge >= 0.3 is 18.0 Å². The van der Waals surface area contributed by atoms with Gasteiger partial charge in [0.05, 0.1) is 19.3 Å². The van der Waals surface area contributed by atoms with Gasteiger partial charge in [-0.25, -0.2) is 14.4 Å². The molecule has 0 bridgehead atoms. The van der Waals surface area contributed by atoms with E-state index < -0.39 is 34.9 Å². The molecule has 0 saturated carbocycles. The lowest BCUT2D eigenvalue weighted by molar-refractivity contribution is -0.143. The largest absolute Gasteiger partial charge is 0.494 e. The summed E-state index contributed by atoms with van der Waals surface area (Å²) < 4.78 is 15.5. The van der Waals surface area contributed by atoms with E-state index in [0.29, 0.717) is 11.3 Å². The van der Waals surface area contributed by atoms with Crippen LogP contribution in [0.25, 0.3) is 0 Å². The number of carbonyl (C=O) groups excluding carboxylic acids is 4. The quantitative estimate of drug-likeness (QED) is 0.165. The van der Waals surface area contributed by atoms with E-state index in [-0.39, 0.29) is 24.3 Å². The molecule has 36 heavy (non-hydrogen) atoms. The maximum absolute atomic E-state index is 12.1. The number of methoxy groups -OCH3 is 1. The second-order valence-corrected chi connectivity index (χ2v) is 8.69. The number of nitrogens with one attached hydrogen (secondary N) is 1. The summed E-state index contributed by atoms with van der Waals surface area (Å²) in [6.45, 7) is 5.16. The van der Waals surface area contributed by atoms with Crippen LogP contribution >= 0.6 is 11.6 Å². The molecule has 0 aliphatic heterocycles. The Morgan fingerprint density at radius 2 is 1.61 bits per heavy atom. The number of hydrogen-bond donors (Lipinski definition) is 1. The van der Waals surface area contributed by atoms with Crippen LogP contribution in [0.15, 0.2) is 59.8 Å². The van der Waals surface area contributed by atoms with Crippen LogP contribution in [0.1, 0.15) is 43.1 Å². The number of nitrogens with zero attached hydrogens (tertiary/aromatic N) is 1. The van der Waals surface area contributed by atoms with Gasteiger partial charge in [-0.2, -0.15) is 0 Å². The highest BCUT2D eigenvalue weighted by Crippen LogP contribution is 2.15. The summed E-state index contributed by atoms with van der Waals surface area (Å²) in [6.07, 6.45) is -0.650. The summed E-state index contributed by atoms with van der Waals surface area (Å²) in [5.74, 6) is -0.986. The molecule has 0 heterocycles. The standard InChI is InChI=1S/C25H27ClN2O8/c1-25(2,3)35-24(32)27-19(23(31)33-4)14-15-34-18-12-10-16(11-13-18)20(21(26)29)28-36-22(30)17-8-6-5-7-9-17/h5-13,19H,14-15H2,1-4H3,(H,27,32). The van der Waals surface area contributed by atoms with Crippen molar-refractivity contribution in [2.24, 2.45) is 5.16 Å². The monoisotopic (exact) mass is 518 g/mol. The molecule has 1 N–H and O–H groups in total. The van der Waals surface area contributed by atoms with Gasteiger partial charge in [-0.3, -0.25) is 4.79 Å². The molecule has 1 atom stereocenters. The lowest BCUT2D eigenvalue weighted by Gasteiger charge is -2.22. The molecule has 2 aromatic carbocycles. The van der Waals surface area contributed by atoms with Crippen molar-refractivity contribution in [1.29, 1.82) is 0 Å². The number of alkyl carbamates (subject to hydrolysis) is 1. The van der Waals surface area contributed by atoms with Gasteiger partial charge < -0.3 is 24.4 Å². The maximum atomic E-state index is 12.1. The third-order valence-corrected chi connectivity index (χ3v) is 4.57. The molecule has 10 nitrogen and oxygen atoms in total. The Balaban J connectivity index is 1.98. The maximum Gasteiger partial charge on any atom is 0.408 e. The molecule has 2 rings (SSSR count). The van der Waals surface area contributed by atoms with Crippen LogP contribution in [0.5, 0.6) is 5.75 Å². The van der Waals surface area contributed by atoms with Crippen molar-refractivity contribution in [3.63, 3.8) is 0 Å². The summed E-state index contributed by atoms with van der Waals surface area (Å²) >= 11 is 5.61. The minimum absolute atomic E-state index is 0.0545. The minimum atomic E-state index is -0.976. The van der Waals surface area contributed by atoms with Crippen LogP contribution in [0.2, 0.25) is 0 Å². The average molecular weight is 519 g/mol. The number of amides is 1. The molecule has 1 unspecified atom stereocenters. The Bertz CT molecular complexity index is 1100. The van der Waals surface area contributed by atoms with Gasteiger partial charge in [0.2, 0.25) is 0 Å². The SMILES string of the molecule is COC(=O)C(CCOc1ccc(C(=NOC(=O)c2ccccc2)C(=O)Cl)cc1)NC(=O)OC(C)(C)C. The first-order valence-electron chi connectivity index (χ1n) is 10.8. The summed E-state index contributed by atoms with van der Waals surface area (Å²) in [7, 11) is 1.21. The third-order valence-electron chi connectivity index (χ3n) is 4.40. The molecule has 192 valence electrons. The molecule has 0 fully saturated rings. The fourth-order valence-corrected chi connectivity index (χ4v) is 2.90. The van der Waals surface area contributed by atoms with Crippen molar-refractivity contribution in [2.75, 3.05) is 13.7 Å². The molecule has 0 spiro atoms. The number of carbonyl (C=O) groups is 4. The number of ether oxygens (including phenoxy) is 3. The van der Waals surface area contributed by atoms with E-state index >= 15 is 0 Å². The Morgan fingerprint density at radius 3 is 2.17 bits per heavy atom. The molecular weight excluding hydrogens is 492 g/mol. The van der Waals surface area contributed by atoms with E-state index in [4.69, 9.17) is 30.6 Å².